The lowest BCUT2D eigenvalue weighted by atomic mass is 9.48. The quantitative estimate of drug-likeness (QED) is 0.813. The molecule has 4 fully saturated rings. The van der Waals surface area contributed by atoms with E-state index in [4.69, 9.17) is 0 Å². The van der Waals surface area contributed by atoms with Crippen molar-refractivity contribution >= 4 is 33.3 Å². The summed E-state index contributed by atoms with van der Waals surface area (Å²) in [6.45, 7) is 0. The van der Waals surface area contributed by atoms with Crippen molar-refractivity contribution < 1.29 is 14.7 Å². The molecule has 0 radical (unpaired) electrons. The summed E-state index contributed by atoms with van der Waals surface area (Å²) in [6.07, 6.45) is 6.61. The van der Waals surface area contributed by atoms with Gasteiger partial charge in [-0.05, 0) is 74.5 Å². The average Bonchev–Trinajstić information content (AvgIpc) is 2.75. The van der Waals surface area contributed by atoms with Gasteiger partial charge in [0.1, 0.15) is 5.78 Å². The van der Waals surface area contributed by atoms with Gasteiger partial charge in [-0.15, -0.1) is 0 Å². The van der Waals surface area contributed by atoms with Crippen molar-refractivity contribution in [2.24, 2.45) is 23.2 Å². The Morgan fingerprint density at radius 2 is 1.77 bits per heavy atom. The Morgan fingerprint density at radius 3 is 2.35 bits per heavy atom. The first kappa shape index (κ1) is 16.9. The lowest BCUT2D eigenvalue weighted by molar-refractivity contribution is -0.154. The standard InChI is InChI=1S/C21H24BrNO3/c1-23-17-3-2-15(22)7-16(17)21(26,19(23)25)11-18(24)20-8-12-4-13(9-20)6-14(5-12)10-20/h2-3,7,12-14,26H,4-6,8-11H2,1H3/t12?,13?,14?,20?,21-/m1/s1. The molecule has 1 aliphatic heterocycles. The lowest BCUT2D eigenvalue weighted by Crippen LogP contribution is -2.52. The van der Waals surface area contributed by atoms with Crippen molar-refractivity contribution in [3.63, 3.8) is 0 Å². The second kappa shape index (κ2) is 5.41. The molecule has 138 valence electrons. The molecule has 0 spiro atoms. The number of fused-ring (bicyclic) bond motifs is 1. The number of amides is 1. The average molecular weight is 418 g/mol. The predicted molar refractivity (Wildman–Crippen MR) is 102 cm³/mol. The molecular formula is C21H24BrNO3. The largest absolute Gasteiger partial charge is 0.375 e. The molecule has 1 atom stereocenters. The molecule has 1 heterocycles. The van der Waals surface area contributed by atoms with Gasteiger partial charge in [0.15, 0.2) is 5.60 Å². The first-order chi connectivity index (χ1) is 12.3. The zero-order chi connectivity index (χ0) is 18.3. The Bertz CT molecular complexity index is 784. The van der Waals surface area contributed by atoms with Gasteiger partial charge >= 0.3 is 0 Å². The third kappa shape index (κ3) is 2.22. The smallest absolute Gasteiger partial charge is 0.263 e. The number of rotatable bonds is 3. The molecule has 4 saturated carbocycles. The van der Waals surface area contributed by atoms with E-state index >= 15 is 0 Å². The zero-order valence-electron chi connectivity index (χ0n) is 15.0. The number of likely N-dealkylation sites (N-methyl/N-ethyl adjacent to an activating group) is 1. The van der Waals surface area contributed by atoms with Gasteiger partial charge in [-0.1, -0.05) is 15.9 Å². The highest BCUT2D eigenvalue weighted by atomic mass is 79.9. The lowest BCUT2D eigenvalue weighted by Gasteiger charge is -2.56. The van der Waals surface area contributed by atoms with Crippen molar-refractivity contribution in [3.8, 4) is 0 Å². The molecule has 5 heteroatoms. The fourth-order valence-electron chi connectivity index (χ4n) is 6.68. The Morgan fingerprint density at radius 1 is 1.19 bits per heavy atom. The molecule has 6 rings (SSSR count). The molecule has 1 aromatic rings. The van der Waals surface area contributed by atoms with Crippen LogP contribution in [-0.2, 0) is 15.2 Å². The fraction of sp³-hybridized carbons (Fsp3) is 0.619. The minimum atomic E-state index is -1.73. The number of aliphatic hydroxyl groups is 1. The Kier molecular flexibility index (Phi) is 3.53. The van der Waals surface area contributed by atoms with Crippen LogP contribution in [0.25, 0.3) is 0 Å². The summed E-state index contributed by atoms with van der Waals surface area (Å²) in [5, 5.41) is 11.3. The van der Waals surface area contributed by atoms with Crippen LogP contribution < -0.4 is 4.90 Å². The maximum absolute atomic E-state index is 13.5. The molecule has 0 saturated heterocycles. The highest BCUT2D eigenvalue weighted by Gasteiger charge is 2.57. The molecule has 5 aliphatic rings. The molecule has 4 bridgehead atoms. The Balaban J connectivity index is 1.49. The van der Waals surface area contributed by atoms with E-state index in [1.54, 1.807) is 13.1 Å². The fourth-order valence-corrected chi connectivity index (χ4v) is 7.04. The van der Waals surface area contributed by atoms with E-state index in [-0.39, 0.29) is 23.5 Å². The van der Waals surface area contributed by atoms with Crippen LogP contribution in [0.1, 0.15) is 50.5 Å². The van der Waals surface area contributed by atoms with Crippen molar-refractivity contribution in [1.29, 1.82) is 0 Å². The van der Waals surface area contributed by atoms with Crippen molar-refractivity contribution in [2.75, 3.05) is 11.9 Å². The van der Waals surface area contributed by atoms with E-state index in [9.17, 15) is 14.7 Å². The molecule has 1 aromatic carbocycles. The summed E-state index contributed by atoms with van der Waals surface area (Å²) in [5.41, 5.74) is -0.775. The topological polar surface area (TPSA) is 57.6 Å². The number of carbonyl (C=O) groups is 2. The van der Waals surface area contributed by atoms with Gasteiger partial charge in [-0.3, -0.25) is 9.59 Å². The maximum Gasteiger partial charge on any atom is 0.263 e. The van der Waals surface area contributed by atoms with Crippen LogP contribution in [0.4, 0.5) is 5.69 Å². The number of halogens is 1. The van der Waals surface area contributed by atoms with Crippen LogP contribution in [0.2, 0.25) is 0 Å². The van der Waals surface area contributed by atoms with Gasteiger partial charge in [-0.25, -0.2) is 0 Å². The monoisotopic (exact) mass is 417 g/mol. The first-order valence-electron chi connectivity index (χ1n) is 9.65. The summed E-state index contributed by atoms with van der Waals surface area (Å²) in [5.74, 6) is 1.73. The van der Waals surface area contributed by atoms with E-state index in [0.717, 1.165) is 23.7 Å². The molecule has 4 nitrogen and oxygen atoms in total. The molecule has 4 aliphatic carbocycles. The van der Waals surface area contributed by atoms with Gasteiger partial charge in [0.25, 0.3) is 5.91 Å². The first-order valence-corrected chi connectivity index (χ1v) is 10.4. The molecule has 0 unspecified atom stereocenters. The van der Waals surface area contributed by atoms with Crippen molar-refractivity contribution in [3.05, 3.63) is 28.2 Å². The molecule has 0 aromatic heterocycles. The SMILES string of the molecule is CN1C(=O)[C@@](O)(CC(=O)C23CC4CC(CC(C4)C2)C3)c2cc(Br)ccc21. The van der Waals surface area contributed by atoms with E-state index in [1.165, 1.54) is 24.2 Å². The van der Waals surface area contributed by atoms with E-state index in [0.29, 0.717) is 29.0 Å². The van der Waals surface area contributed by atoms with E-state index in [1.807, 2.05) is 12.1 Å². The van der Waals surface area contributed by atoms with Gasteiger partial charge in [-0.2, -0.15) is 0 Å². The van der Waals surface area contributed by atoms with Crippen molar-refractivity contribution in [1.82, 2.24) is 0 Å². The third-order valence-electron chi connectivity index (χ3n) is 7.47. The Labute approximate surface area is 162 Å². The van der Waals surface area contributed by atoms with E-state index < -0.39 is 5.60 Å². The van der Waals surface area contributed by atoms with Crippen LogP contribution in [0.3, 0.4) is 0 Å². The third-order valence-corrected chi connectivity index (χ3v) is 7.96. The molecule has 1 N–H and O–H groups in total. The highest BCUT2D eigenvalue weighted by molar-refractivity contribution is 9.10. The number of anilines is 1. The molecule has 1 amide bonds. The van der Waals surface area contributed by atoms with E-state index in [2.05, 4.69) is 15.9 Å². The summed E-state index contributed by atoms with van der Waals surface area (Å²) in [4.78, 5) is 27.8. The summed E-state index contributed by atoms with van der Waals surface area (Å²) < 4.78 is 0.806. The van der Waals surface area contributed by atoms with Crippen LogP contribution in [0.15, 0.2) is 22.7 Å². The van der Waals surface area contributed by atoms with Crippen LogP contribution >= 0.6 is 15.9 Å². The number of ketones is 1. The number of carbonyl (C=O) groups excluding carboxylic acids is 2. The molecular weight excluding hydrogens is 394 g/mol. The number of hydrogen-bond donors (Lipinski definition) is 1. The van der Waals surface area contributed by atoms with Crippen LogP contribution in [0, 0.1) is 23.2 Å². The second-order valence-electron chi connectivity index (χ2n) is 9.18. The number of nitrogens with zero attached hydrogens (tertiary/aromatic N) is 1. The Hall–Kier alpha value is -1.20. The summed E-state index contributed by atoms with van der Waals surface area (Å²) in [6, 6.07) is 5.46. The number of hydrogen-bond acceptors (Lipinski definition) is 3. The van der Waals surface area contributed by atoms with Crippen LogP contribution in [0.5, 0.6) is 0 Å². The maximum atomic E-state index is 13.5. The zero-order valence-corrected chi connectivity index (χ0v) is 16.6. The number of benzene rings is 1. The highest BCUT2D eigenvalue weighted by Crippen LogP contribution is 2.61. The van der Waals surface area contributed by atoms with Gasteiger partial charge in [0.2, 0.25) is 0 Å². The van der Waals surface area contributed by atoms with Crippen LogP contribution in [-0.4, -0.2) is 23.8 Å². The van der Waals surface area contributed by atoms with Gasteiger partial charge < -0.3 is 10.0 Å². The van der Waals surface area contributed by atoms with Crippen molar-refractivity contribution in [2.45, 2.75) is 50.5 Å². The van der Waals surface area contributed by atoms with Gasteiger partial charge in [0, 0.05) is 28.9 Å². The van der Waals surface area contributed by atoms with Gasteiger partial charge in [0.05, 0.1) is 5.69 Å². The number of Topliss-reactive ketones (excluding diaryl/α,β-unsaturated/α-hetero) is 1. The minimum absolute atomic E-state index is 0.0915. The molecule has 26 heavy (non-hydrogen) atoms. The second-order valence-corrected chi connectivity index (χ2v) is 10.1. The minimum Gasteiger partial charge on any atom is -0.375 e. The normalized spacial score (nSPS) is 40.2. The summed E-state index contributed by atoms with van der Waals surface area (Å²) >= 11 is 3.43. The predicted octanol–water partition coefficient (Wildman–Crippen LogP) is 3.79. The summed E-state index contributed by atoms with van der Waals surface area (Å²) in [7, 11) is 1.67.